The highest BCUT2D eigenvalue weighted by molar-refractivity contribution is 14.0. The molecule has 9 heteroatoms. The third kappa shape index (κ3) is 7.27. The van der Waals surface area contributed by atoms with Gasteiger partial charge in [-0.1, -0.05) is 30.8 Å². The quantitative estimate of drug-likeness (QED) is 0.269. The summed E-state index contributed by atoms with van der Waals surface area (Å²) in [5.41, 5.74) is 1.78. The molecule has 0 saturated carbocycles. The average Bonchev–Trinajstić information content (AvgIpc) is 3.09. The van der Waals surface area contributed by atoms with Crippen molar-refractivity contribution in [3.63, 3.8) is 0 Å². The molecule has 0 aliphatic carbocycles. The molecule has 29 heavy (non-hydrogen) atoms. The molecule has 1 heterocycles. The lowest BCUT2D eigenvalue weighted by molar-refractivity contribution is -0.137. The van der Waals surface area contributed by atoms with Crippen molar-refractivity contribution in [2.24, 2.45) is 4.99 Å². The van der Waals surface area contributed by atoms with Crippen LogP contribution in [0.4, 0.5) is 13.2 Å². The van der Waals surface area contributed by atoms with Crippen LogP contribution in [0.2, 0.25) is 0 Å². The van der Waals surface area contributed by atoms with Crippen LogP contribution in [0.5, 0.6) is 0 Å². The molecule has 1 aromatic heterocycles. The van der Waals surface area contributed by atoms with Crippen molar-refractivity contribution in [1.82, 2.24) is 15.8 Å². The van der Waals surface area contributed by atoms with Gasteiger partial charge < -0.3 is 15.2 Å². The molecule has 2 rings (SSSR count). The molecular formula is C20H24F3IN4O. The molecule has 2 aromatic rings. The normalized spacial score (nSPS) is 11.3. The number of aliphatic imine (C=N–C) groups is 1. The third-order valence-electron chi connectivity index (χ3n) is 4.05. The van der Waals surface area contributed by atoms with Gasteiger partial charge in [-0.3, -0.25) is 4.99 Å². The smallest absolute Gasteiger partial charge is 0.361 e. The summed E-state index contributed by atoms with van der Waals surface area (Å²) in [7, 11) is 1.65. The number of halogens is 4. The number of aryl methyl sites for hydroxylation is 2. The van der Waals surface area contributed by atoms with Gasteiger partial charge in [0, 0.05) is 31.1 Å². The van der Waals surface area contributed by atoms with E-state index in [1.165, 1.54) is 12.1 Å². The Morgan fingerprint density at radius 1 is 1.14 bits per heavy atom. The van der Waals surface area contributed by atoms with Gasteiger partial charge >= 0.3 is 6.18 Å². The first-order valence-electron chi connectivity index (χ1n) is 8.95. The Hall–Kier alpha value is -2.22. The van der Waals surface area contributed by atoms with Crippen LogP contribution in [0.15, 0.2) is 33.8 Å². The monoisotopic (exact) mass is 520 g/mol. The number of alkyl halides is 3. The molecule has 2 N–H and O–H groups in total. The number of guanidine groups is 1. The lowest BCUT2D eigenvalue weighted by atomic mass is 10.1. The Morgan fingerprint density at radius 2 is 1.83 bits per heavy atom. The fourth-order valence-electron chi connectivity index (χ4n) is 2.55. The van der Waals surface area contributed by atoms with Crippen molar-refractivity contribution >= 4 is 29.9 Å². The van der Waals surface area contributed by atoms with E-state index in [2.05, 4.69) is 32.6 Å². The molecule has 0 bridgehead atoms. The van der Waals surface area contributed by atoms with Crippen molar-refractivity contribution < 1.29 is 17.7 Å². The van der Waals surface area contributed by atoms with Crippen LogP contribution in [0.1, 0.15) is 42.0 Å². The summed E-state index contributed by atoms with van der Waals surface area (Å²) in [4.78, 5) is 4.13. The fraction of sp³-hybridized carbons (Fsp3) is 0.400. The van der Waals surface area contributed by atoms with Crippen LogP contribution >= 0.6 is 24.0 Å². The zero-order valence-electron chi connectivity index (χ0n) is 16.5. The Balaban J connectivity index is 0.00000420. The Bertz CT molecular complexity index is 843. The number of hydrogen-bond acceptors (Lipinski definition) is 3. The Morgan fingerprint density at radius 3 is 2.38 bits per heavy atom. The van der Waals surface area contributed by atoms with Crippen LogP contribution in [0.25, 0.3) is 0 Å². The summed E-state index contributed by atoms with van der Waals surface area (Å²) < 4.78 is 43.0. The van der Waals surface area contributed by atoms with Crippen LogP contribution in [0.3, 0.4) is 0 Å². The molecule has 0 aliphatic rings. The molecule has 0 aliphatic heterocycles. The van der Waals surface area contributed by atoms with E-state index in [9.17, 15) is 13.2 Å². The minimum atomic E-state index is -4.34. The molecule has 158 valence electrons. The summed E-state index contributed by atoms with van der Waals surface area (Å²) in [6.45, 7) is 4.85. The highest BCUT2D eigenvalue weighted by atomic mass is 127. The van der Waals surface area contributed by atoms with E-state index in [-0.39, 0.29) is 24.0 Å². The molecule has 0 unspecified atom stereocenters. The molecule has 0 atom stereocenters. The summed E-state index contributed by atoms with van der Waals surface area (Å²) in [6.07, 6.45) is -2.80. The van der Waals surface area contributed by atoms with Gasteiger partial charge in [0.2, 0.25) is 0 Å². The number of rotatable bonds is 5. The van der Waals surface area contributed by atoms with Gasteiger partial charge in [-0.05, 0) is 30.7 Å². The van der Waals surface area contributed by atoms with Crippen molar-refractivity contribution in [3.05, 3.63) is 52.4 Å². The first-order valence-corrected chi connectivity index (χ1v) is 8.95. The van der Waals surface area contributed by atoms with Gasteiger partial charge in [0.15, 0.2) is 5.96 Å². The number of hydrogen-bond donors (Lipinski definition) is 2. The number of benzene rings is 1. The van der Waals surface area contributed by atoms with E-state index in [1.807, 2.05) is 13.8 Å². The van der Waals surface area contributed by atoms with E-state index in [0.717, 1.165) is 42.0 Å². The topological polar surface area (TPSA) is 62.5 Å². The highest BCUT2D eigenvalue weighted by Gasteiger charge is 2.29. The second kappa shape index (κ2) is 11.7. The lowest BCUT2D eigenvalue weighted by Crippen LogP contribution is -2.37. The average molecular weight is 520 g/mol. The van der Waals surface area contributed by atoms with Gasteiger partial charge in [0.1, 0.15) is 5.76 Å². The zero-order chi connectivity index (χ0) is 20.6. The first kappa shape index (κ1) is 24.8. The maximum Gasteiger partial charge on any atom is 0.416 e. The van der Waals surface area contributed by atoms with Crippen LogP contribution in [-0.2, 0) is 25.6 Å². The van der Waals surface area contributed by atoms with Gasteiger partial charge in [0.05, 0.1) is 17.8 Å². The lowest BCUT2D eigenvalue weighted by Gasteiger charge is -2.10. The summed E-state index contributed by atoms with van der Waals surface area (Å²) in [5, 5.41) is 10.3. The van der Waals surface area contributed by atoms with Gasteiger partial charge in [-0.2, -0.15) is 13.2 Å². The SMILES string of the molecule is CCc1noc(CC)c1CNC(=NC)NCC#Cc1ccc(C(F)(F)F)cc1.I. The van der Waals surface area contributed by atoms with E-state index in [1.54, 1.807) is 7.05 Å². The minimum absolute atomic E-state index is 0. The maximum absolute atomic E-state index is 12.5. The Kier molecular flexibility index (Phi) is 10.0. The number of nitrogens with zero attached hydrogens (tertiary/aromatic N) is 2. The van der Waals surface area contributed by atoms with E-state index in [0.29, 0.717) is 24.6 Å². The van der Waals surface area contributed by atoms with Crippen LogP contribution in [-0.4, -0.2) is 24.7 Å². The minimum Gasteiger partial charge on any atom is -0.361 e. The maximum atomic E-state index is 12.5. The van der Waals surface area contributed by atoms with E-state index in [4.69, 9.17) is 4.52 Å². The van der Waals surface area contributed by atoms with Crippen LogP contribution in [0, 0.1) is 11.8 Å². The molecule has 1 aromatic carbocycles. The molecule has 0 spiro atoms. The van der Waals surface area contributed by atoms with Crippen LogP contribution < -0.4 is 10.6 Å². The van der Waals surface area contributed by atoms with E-state index >= 15 is 0 Å². The van der Waals surface area contributed by atoms with Gasteiger partial charge in [-0.15, -0.1) is 24.0 Å². The molecular weight excluding hydrogens is 496 g/mol. The summed E-state index contributed by atoms with van der Waals surface area (Å²) in [6, 6.07) is 4.75. The second-order valence-corrected chi connectivity index (χ2v) is 5.89. The summed E-state index contributed by atoms with van der Waals surface area (Å²) in [5.74, 6) is 7.10. The van der Waals surface area contributed by atoms with E-state index < -0.39 is 11.7 Å². The molecule has 0 saturated heterocycles. The fourth-order valence-corrected chi connectivity index (χ4v) is 2.55. The molecule has 5 nitrogen and oxygen atoms in total. The van der Waals surface area contributed by atoms with Crippen molar-refractivity contribution in [3.8, 4) is 11.8 Å². The molecule has 0 amide bonds. The number of nitrogens with one attached hydrogen (secondary N) is 2. The standard InChI is InChI=1S/C20H23F3N4O.HI/c1-4-17-16(18(5-2)28-27-17)13-26-19(24-3)25-12-6-7-14-8-10-15(11-9-14)20(21,22)23;/h8-11H,4-5,12-13H2,1-3H3,(H2,24,25,26);1H. The van der Waals surface area contributed by atoms with Gasteiger partial charge in [0.25, 0.3) is 0 Å². The van der Waals surface area contributed by atoms with Gasteiger partial charge in [-0.25, -0.2) is 0 Å². The summed E-state index contributed by atoms with van der Waals surface area (Å²) >= 11 is 0. The van der Waals surface area contributed by atoms with Crippen molar-refractivity contribution in [1.29, 1.82) is 0 Å². The largest absolute Gasteiger partial charge is 0.416 e. The first-order chi connectivity index (χ1) is 13.4. The van der Waals surface area contributed by atoms with Crippen molar-refractivity contribution in [2.75, 3.05) is 13.6 Å². The third-order valence-corrected chi connectivity index (χ3v) is 4.05. The Labute approximate surface area is 185 Å². The predicted octanol–water partition coefficient (Wildman–Crippen LogP) is 4.15. The highest BCUT2D eigenvalue weighted by Crippen LogP contribution is 2.28. The number of aromatic nitrogens is 1. The second-order valence-electron chi connectivity index (χ2n) is 5.89. The zero-order valence-corrected chi connectivity index (χ0v) is 18.8. The molecule has 0 fully saturated rings. The molecule has 0 radical (unpaired) electrons. The van der Waals surface area contributed by atoms with Crippen molar-refractivity contribution in [2.45, 2.75) is 39.4 Å². The predicted molar refractivity (Wildman–Crippen MR) is 117 cm³/mol.